The predicted octanol–water partition coefficient (Wildman–Crippen LogP) is 4.21. The van der Waals surface area contributed by atoms with Crippen LogP contribution in [-0.2, 0) is 4.79 Å². The highest BCUT2D eigenvalue weighted by Gasteiger charge is 2.62. The van der Waals surface area contributed by atoms with Gasteiger partial charge in [-0.05, 0) is 163 Å². The van der Waals surface area contributed by atoms with E-state index in [1.165, 1.54) is 38.5 Å². The average molecular weight is 577 g/mol. The zero-order valence-corrected chi connectivity index (χ0v) is 26.6. The van der Waals surface area contributed by atoms with Crippen molar-refractivity contribution in [3.05, 3.63) is 0 Å². The van der Waals surface area contributed by atoms with E-state index < -0.39 is 0 Å². The van der Waals surface area contributed by atoms with Gasteiger partial charge in [0.2, 0.25) is 5.91 Å². The molecule has 0 bridgehead atoms. The van der Waals surface area contributed by atoms with Crippen molar-refractivity contribution in [3.8, 4) is 0 Å². The number of nitrogens with one attached hydrogen (secondary N) is 3. The molecule has 7 N–H and O–H groups in total. The van der Waals surface area contributed by atoms with E-state index in [-0.39, 0.29) is 28.9 Å². The quantitative estimate of drug-likeness (QED) is 0.153. The topological polar surface area (TPSA) is 120 Å². The standard InChI is InChI=1S/C34H64N4O3/c1-24(8-11-31(41)38-21-7-20-37-18-5-4-17-36-19-6-16-35)27-9-10-28-32-29(13-15-34(27,28)3)33(2)14-12-26(39)22-25(33)23-30(32)40/h24-30,32,36-37,39-40H,4-23,35H2,1-3H3,(H,38,41)/t24-,25+,26-,27-,28+,29+,30+,32+,33+,34-/m1/s1. The molecule has 1 amide bonds. The van der Waals surface area contributed by atoms with Crippen molar-refractivity contribution in [2.24, 2.45) is 52.1 Å². The summed E-state index contributed by atoms with van der Waals surface area (Å²) in [6.07, 6.45) is 14.3. The number of fused-ring (bicyclic) bond motifs is 5. The van der Waals surface area contributed by atoms with Gasteiger partial charge in [0.15, 0.2) is 0 Å². The van der Waals surface area contributed by atoms with Gasteiger partial charge in [-0.2, -0.15) is 0 Å². The molecule has 0 saturated heterocycles. The van der Waals surface area contributed by atoms with Crippen LogP contribution in [0.2, 0.25) is 0 Å². The third-order valence-corrected chi connectivity index (χ3v) is 12.6. The van der Waals surface area contributed by atoms with Crippen LogP contribution in [0.1, 0.15) is 111 Å². The summed E-state index contributed by atoms with van der Waals surface area (Å²) in [4.78, 5) is 12.6. The molecule has 4 rings (SSSR count). The van der Waals surface area contributed by atoms with E-state index in [0.29, 0.717) is 41.9 Å². The summed E-state index contributed by atoms with van der Waals surface area (Å²) in [5.41, 5.74) is 6.07. The van der Waals surface area contributed by atoms with Crippen molar-refractivity contribution in [1.29, 1.82) is 0 Å². The third kappa shape index (κ3) is 7.87. The normalized spacial score (nSPS) is 39.0. The second kappa shape index (κ2) is 15.3. The molecule has 238 valence electrons. The Hall–Kier alpha value is -0.730. The molecule has 7 heteroatoms. The third-order valence-electron chi connectivity index (χ3n) is 12.6. The Bertz CT molecular complexity index is 813. The fraction of sp³-hybridized carbons (Fsp3) is 0.971. The van der Waals surface area contributed by atoms with Gasteiger partial charge in [0.05, 0.1) is 12.2 Å². The molecule has 4 fully saturated rings. The van der Waals surface area contributed by atoms with Crippen LogP contribution in [0.4, 0.5) is 0 Å². The van der Waals surface area contributed by atoms with Crippen LogP contribution in [0, 0.1) is 46.3 Å². The van der Waals surface area contributed by atoms with Gasteiger partial charge in [-0.25, -0.2) is 0 Å². The molecule has 41 heavy (non-hydrogen) atoms. The molecule has 0 heterocycles. The number of hydrogen-bond acceptors (Lipinski definition) is 6. The van der Waals surface area contributed by atoms with E-state index in [2.05, 4.69) is 36.7 Å². The van der Waals surface area contributed by atoms with Gasteiger partial charge in [-0.15, -0.1) is 0 Å². The molecular weight excluding hydrogens is 512 g/mol. The zero-order chi connectivity index (χ0) is 29.5. The average Bonchev–Trinajstić information content (AvgIpc) is 3.30. The van der Waals surface area contributed by atoms with Gasteiger partial charge < -0.3 is 31.9 Å². The van der Waals surface area contributed by atoms with Crippen LogP contribution in [0.25, 0.3) is 0 Å². The SMILES string of the molecule is C[C@H](CCC(=O)NCCCNCCCCNCCCN)[C@H]1CC[C@H]2[C@@H]3[C@@H](O)C[C@@H]4C[C@H](O)CC[C@]4(C)[C@H]3CC[C@]12C. The number of carbonyl (C=O) groups excluding carboxylic acids is 1. The molecule has 0 spiro atoms. The van der Waals surface area contributed by atoms with Gasteiger partial charge in [-0.3, -0.25) is 4.79 Å². The summed E-state index contributed by atoms with van der Waals surface area (Å²) >= 11 is 0. The largest absolute Gasteiger partial charge is 0.393 e. The highest BCUT2D eigenvalue weighted by molar-refractivity contribution is 5.75. The number of unbranched alkanes of at least 4 members (excludes halogenated alkanes) is 1. The Morgan fingerprint density at radius 3 is 2.24 bits per heavy atom. The highest BCUT2D eigenvalue weighted by atomic mass is 16.3. The summed E-state index contributed by atoms with van der Waals surface area (Å²) in [5, 5.41) is 31.9. The van der Waals surface area contributed by atoms with E-state index >= 15 is 0 Å². The minimum Gasteiger partial charge on any atom is -0.393 e. The molecule has 4 aliphatic rings. The van der Waals surface area contributed by atoms with E-state index in [9.17, 15) is 15.0 Å². The number of aliphatic hydroxyl groups excluding tert-OH is 2. The minimum absolute atomic E-state index is 0.175. The van der Waals surface area contributed by atoms with Crippen LogP contribution in [0.3, 0.4) is 0 Å². The summed E-state index contributed by atoms with van der Waals surface area (Å²) in [6, 6.07) is 0. The maximum Gasteiger partial charge on any atom is 0.220 e. The van der Waals surface area contributed by atoms with Crippen molar-refractivity contribution < 1.29 is 15.0 Å². The molecule has 7 nitrogen and oxygen atoms in total. The molecule has 4 aliphatic carbocycles. The zero-order valence-electron chi connectivity index (χ0n) is 26.6. The number of carbonyl (C=O) groups is 1. The molecule has 0 radical (unpaired) electrons. The molecule has 4 saturated carbocycles. The summed E-state index contributed by atoms with van der Waals surface area (Å²) in [7, 11) is 0. The van der Waals surface area contributed by atoms with Crippen LogP contribution in [-0.4, -0.2) is 67.6 Å². The monoisotopic (exact) mass is 576 g/mol. The van der Waals surface area contributed by atoms with Crippen molar-refractivity contribution in [2.45, 2.75) is 123 Å². The van der Waals surface area contributed by atoms with Crippen LogP contribution >= 0.6 is 0 Å². The van der Waals surface area contributed by atoms with Gasteiger partial charge in [0.25, 0.3) is 0 Å². The van der Waals surface area contributed by atoms with Crippen molar-refractivity contribution in [1.82, 2.24) is 16.0 Å². The number of hydrogen-bond donors (Lipinski definition) is 6. The van der Waals surface area contributed by atoms with Gasteiger partial charge >= 0.3 is 0 Å². The van der Waals surface area contributed by atoms with Gasteiger partial charge in [0, 0.05) is 13.0 Å². The van der Waals surface area contributed by atoms with E-state index in [1.54, 1.807) is 0 Å². The number of nitrogens with two attached hydrogens (primary N) is 1. The van der Waals surface area contributed by atoms with Gasteiger partial charge in [-0.1, -0.05) is 20.8 Å². The first-order valence-electron chi connectivity index (χ1n) is 17.4. The minimum atomic E-state index is -0.217. The molecule has 0 aromatic heterocycles. The number of aliphatic hydroxyl groups is 2. The molecule has 10 atom stereocenters. The van der Waals surface area contributed by atoms with Crippen molar-refractivity contribution >= 4 is 5.91 Å². The molecule has 0 aromatic rings. The maximum atomic E-state index is 12.6. The van der Waals surface area contributed by atoms with E-state index in [0.717, 1.165) is 84.2 Å². The Kier molecular flexibility index (Phi) is 12.4. The molecule has 0 aliphatic heterocycles. The lowest BCUT2D eigenvalue weighted by Gasteiger charge is -2.62. The van der Waals surface area contributed by atoms with Crippen LogP contribution in [0.15, 0.2) is 0 Å². The predicted molar refractivity (Wildman–Crippen MR) is 167 cm³/mol. The lowest BCUT2D eigenvalue weighted by atomic mass is 9.43. The summed E-state index contributed by atoms with van der Waals surface area (Å²) in [6.45, 7) is 13.0. The number of amides is 1. The second-order valence-corrected chi connectivity index (χ2v) is 15.0. The van der Waals surface area contributed by atoms with Gasteiger partial charge in [0.1, 0.15) is 0 Å². The first kappa shape index (κ1) is 33.2. The summed E-state index contributed by atoms with van der Waals surface area (Å²) < 4.78 is 0. The first-order valence-corrected chi connectivity index (χ1v) is 17.4. The fourth-order valence-electron chi connectivity index (χ4n) is 10.2. The molecular formula is C34H64N4O3. The van der Waals surface area contributed by atoms with Crippen molar-refractivity contribution in [3.63, 3.8) is 0 Å². The lowest BCUT2D eigenvalue weighted by Crippen LogP contribution is -2.58. The summed E-state index contributed by atoms with van der Waals surface area (Å²) in [5.74, 6) is 3.46. The van der Waals surface area contributed by atoms with Crippen molar-refractivity contribution in [2.75, 3.05) is 39.3 Å². The van der Waals surface area contributed by atoms with Crippen LogP contribution in [0.5, 0.6) is 0 Å². The Balaban J connectivity index is 1.14. The molecule has 0 unspecified atom stereocenters. The lowest BCUT2D eigenvalue weighted by molar-refractivity contribution is -0.174. The Labute approximate surface area is 250 Å². The smallest absolute Gasteiger partial charge is 0.220 e. The highest BCUT2D eigenvalue weighted by Crippen LogP contribution is 2.68. The maximum absolute atomic E-state index is 12.6. The van der Waals surface area contributed by atoms with E-state index in [1.807, 2.05) is 0 Å². The van der Waals surface area contributed by atoms with Crippen LogP contribution < -0.4 is 21.7 Å². The molecule has 0 aromatic carbocycles. The Morgan fingerprint density at radius 1 is 0.854 bits per heavy atom. The number of rotatable bonds is 16. The Morgan fingerprint density at radius 2 is 1.51 bits per heavy atom. The fourth-order valence-corrected chi connectivity index (χ4v) is 10.2. The first-order chi connectivity index (χ1) is 19.7. The second-order valence-electron chi connectivity index (χ2n) is 15.0. The van der Waals surface area contributed by atoms with E-state index in [4.69, 9.17) is 5.73 Å².